The third-order valence-electron chi connectivity index (χ3n) is 14.6. The van der Waals surface area contributed by atoms with Crippen LogP contribution in [0.2, 0.25) is 0 Å². The van der Waals surface area contributed by atoms with Crippen molar-refractivity contribution in [1.29, 1.82) is 0 Å². The Labute approximate surface area is 392 Å². The van der Waals surface area contributed by atoms with E-state index in [2.05, 4.69) is 83.8 Å². The van der Waals surface area contributed by atoms with Gasteiger partial charge in [0.25, 0.3) is 0 Å². The summed E-state index contributed by atoms with van der Waals surface area (Å²) >= 11 is 7.97. The van der Waals surface area contributed by atoms with E-state index in [0.717, 1.165) is 20.0 Å². The second-order valence-corrected chi connectivity index (χ2v) is 22.6. The summed E-state index contributed by atoms with van der Waals surface area (Å²) in [7, 11) is 0. The van der Waals surface area contributed by atoms with Crippen molar-refractivity contribution in [2.75, 3.05) is 0 Å². The molecule has 4 nitrogen and oxygen atoms in total. The van der Waals surface area contributed by atoms with Gasteiger partial charge in [-0.2, -0.15) is 0 Å². The first kappa shape index (κ1) is 46.8. The van der Waals surface area contributed by atoms with Crippen molar-refractivity contribution >= 4 is 83.9 Å². The first-order valence-electron chi connectivity index (χ1n) is 24.6. The van der Waals surface area contributed by atoms with Gasteiger partial charge in [0.15, 0.2) is 0 Å². The van der Waals surface area contributed by atoms with Crippen molar-refractivity contribution in [3.63, 3.8) is 0 Å². The number of halogens is 2. The maximum atomic E-state index is 5.29. The van der Waals surface area contributed by atoms with Gasteiger partial charge in [-0.25, -0.2) is 0 Å². The Kier molecular flexibility index (Phi) is 17.7. The predicted molar refractivity (Wildman–Crippen MR) is 266 cm³/mol. The average molecular weight is 1070 g/mol. The first-order chi connectivity index (χ1) is 29.5. The zero-order valence-corrected chi connectivity index (χ0v) is 44.1. The molecule has 0 unspecified atom stereocenters. The summed E-state index contributed by atoms with van der Waals surface area (Å²) in [5.74, 6) is 0. The fourth-order valence-electron chi connectivity index (χ4n) is 11.4. The predicted octanol–water partition coefficient (Wildman–Crippen LogP) is 16.7. The summed E-state index contributed by atoms with van der Waals surface area (Å²) < 4.78 is 23.0. The van der Waals surface area contributed by atoms with Crippen LogP contribution in [0.1, 0.15) is 230 Å². The summed E-state index contributed by atoms with van der Waals surface area (Å²) in [6.07, 6.45) is 36.5. The Morgan fingerprint density at radius 2 is 0.650 bits per heavy atom. The molecule has 2 aromatic heterocycles. The van der Waals surface area contributed by atoms with Crippen LogP contribution in [0.3, 0.4) is 0 Å². The zero-order valence-electron chi connectivity index (χ0n) is 37.5. The van der Waals surface area contributed by atoms with Crippen LogP contribution < -0.4 is 0 Å². The summed E-state index contributed by atoms with van der Waals surface area (Å²) in [5.41, 5.74) is 16.5. The molecule has 0 bridgehead atoms. The van der Waals surface area contributed by atoms with E-state index in [0.29, 0.717) is 0 Å². The van der Waals surface area contributed by atoms with Crippen molar-refractivity contribution in [3.05, 3.63) is 55.5 Å². The van der Waals surface area contributed by atoms with Gasteiger partial charge in [0.05, 0.1) is 0 Å². The molecule has 7 rings (SSSR count). The Balaban J connectivity index is 1.41. The van der Waals surface area contributed by atoms with E-state index in [1.165, 1.54) is 224 Å². The Bertz CT molecular complexity index is 1970. The van der Waals surface area contributed by atoms with Gasteiger partial charge in [0.2, 0.25) is 0 Å². The van der Waals surface area contributed by atoms with Crippen LogP contribution in [0.5, 0.6) is 0 Å². The third kappa shape index (κ3) is 9.75. The summed E-state index contributed by atoms with van der Waals surface area (Å²) in [5, 5.41) is 0. The molecule has 2 aliphatic carbocycles. The van der Waals surface area contributed by atoms with Crippen molar-refractivity contribution in [1.82, 2.24) is 15.9 Å². The molecule has 2 aliphatic rings. The molecule has 0 N–H and O–H groups in total. The summed E-state index contributed by atoms with van der Waals surface area (Å²) in [4.78, 5) is 0. The molecule has 0 saturated carbocycles. The van der Waals surface area contributed by atoms with Crippen LogP contribution >= 0.6 is 31.9 Å². The molecule has 0 atom stereocenters. The number of aromatic nitrogens is 4. The van der Waals surface area contributed by atoms with E-state index in [1.54, 1.807) is 11.1 Å². The van der Waals surface area contributed by atoms with Crippen molar-refractivity contribution in [3.8, 4) is 22.3 Å². The van der Waals surface area contributed by atoms with Crippen molar-refractivity contribution in [2.45, 2.75) is 218 Å². The summed E-state index contributed by atoms with van der Waals surface area (Å²) in [6, 6.07) is 10.6. The number of unbranched alkanes of at least 4 members (excludes halogenated alkanes) is 20. The molecule has 0 fully saturated rings. The molecule has 0 saturated heterocycles. The second-order valence-electron chi connectivity index (χ2n) is 18.7. The van der Waals surface area contributed by atoms with Gasteiger partial charge in [-0.15, -0.1) is 0 Å². The quantitative estimate of drug-likeness (QED) is 0.0370. The molecule has 3 aromatic carbocycles. The molecular formula is C52H72Br2N4Se2. The minimum atomic E-state index is -0.101. The molecule has 0 aliphatic heterocycles. The van der Waals surface area contributed by atoms with Crippen LogP contribution in [-0.2, 0) is 10.8 Å². The monoisotopic (exact) mass is 1070 g/mol. The number of nitrogens with zero attached hydrogens (tertiary/aromatic N) is 4. The number of benzene rings is 3. The molecule has 60 heavy (non-hydrogen) atoms. The second kappa shape index (κ2) is 22.7. The molecular weight excluding hydrogens is 998 g/mol. The van der Waals surface area contributed by atoms with Gasteiger partial charge < -0.3 is 0 Å². The minimum absolute atomic E-state index is 0.0359. The molecule has 0 spiro atoms. The normalized spacial score (nSPS) is 14.6. The SMILES string of the molecule is CCCCCCCCC1(CCCCCCCC)c2cc3c(cc2-c2c1cc(Br)c1n[se]nc21)C(CCCCCCCC)(CCCCCCCC)c1cc(Br)c2n[se]nc2c1-3. The fraction of sp³-hybridized carbons (Fsp3) is 0.654. The average Bonchev–Trinajstić information content (AvgIpc) is 4.04. The van der Waals surface area contributed by atoms with Gasteiger partial charge >= 0.3 is 368 Å². The molecule has 0 radical (unpaired) electrons. The van der Waals surface area contributed by atoms with E-state index >= 15 is 0 Å². The molecule has 0 amide bonds. The van der Waals surface area contributed by atoms with Gasteiger partial charge in [0, 0.05) is 0 Å². The van der Waals surface area contributed by atoms with E-state index < -0.39 is 0 Å². The number of fused-ring (bicyclic) bond motifs is 10. The zero-order chi connectivity index (χ0) is 42.0. The van der Waals surface area contributed by atoms with Gasteiger partial charge in [-0.3, -0.25) is 0 Å². The fourth-order valence-corrected chi connectivity index (χ4v) is 15.3. The van der Waals surface area contributed by atoms with Crippen molar-refractivity contribution in [2.24, 2.45) is 0 Å². The van der Waals surface area contributed by atoms with Gasteiger partial charge in [-0.05, 0) is 0 Å². The van der Waals surface area contributed by atoms with Gasteiger partial charge in [0.1, 0.15) is 0 Å². The molecule has 8 heteroatoms. The van der Waals surface area contributed by atoms with E-state index in [-0.39, 0.29) is 40.8 Å². The van der Waals surface area contributed by atoms with Crippen LogP contribution in [-0.4, -0.2) is 45.8 Å². The van der Waals surface area contributed by atoms with Crippen molar-refractivity contribution < 1.29 is 0 Å². The Hall–Kier alpha value is -1.14. The molecule has 326 valence electrons. The molecule has 5 aromatic rings. The Morgan fingerprint density at radius 1 is 0.367 bits per heavy atom. The van der Waals surface area contributed by atoms with Crippen LogP contribution in [0.15, 0.2) is 33.2 Å². The standard InChI is InChI=1S/C52H72Br2N4Se2/c1-5-9-13-17-21-25-29-51(30-26-22-18-14-10-6-2)39-33-38-40(34-37(39)45-41(51)35-43(53)47-49(45)57-59-55-47)52(31-27-23-19-15-11-7-3,32-28-24-20-16-12-8-4)42-36-44(54)48-50(46(38)42)58-60-56-48/h33-36H,5-32H2,1-4H3. The third-order valence-corrected chi connectivity index (χ3v) is 18.0. The number of hydrogen-bond acceptors (Lipinski definition) is 4. The molecule has 2 heterocycles. The number of hydrogen-bond donors (Lipinski definition) is 0. The Morgan fingerprint density at radius 3 is 0.967 bits per heavy atom. The first-order valence-corrected chi connectivity index (χ1v) is 29.2. The maximum absolute atomic E-state index is 5.29. The summed E-state index contributed by atoms with van der Waals surface area (Å²) in [6.45, 7) is 9.33. The van der Waals surface area contributed by atoms with E-state index in [9.17, 15) is 0 Å². The topological polar surface area (TPSA) is 51.6 Å². The van der Waals surface area contributed by atoms with E-state index in [4.69, 9.17) is 15.9 Å². The van der Waals surface area contributed by atoms with Gasteiger partial charge in [-0.1, -0.05) is 27.7 Å². The van der Waals surface area contributed by atoms with Crippen LogP contribution in [0.4, 0.5) is 0 Å². The number of rotatable bonds is 28. The van der Waals surface area contributed by atoms with Crippen LogP contribution in [0.25, 0.3) is 44.3 Å². The van der Waals surface area contributed by atoms with E-state index in [1.807, 2.05) is 0 Å². The van der Waals surface area contributed by atoms with Crippen LogP contribution in [0, 0.1) is 0 Å².